The van der Waals surface area contributed by atoms with E-state index in [1.807, 2.05) is 30.4 Å². The van der Waals surface area contributed by atoms with Gasteiger partial charge in [0.05, 0.1) is 18.4 Å². The third kappa shape index (κ3) is 4.16. The van der Waals surface area contributed by atoms with E-state index in [-0.39, 0.29) is 6.42 Å². The van der Waals surface area contributed by atoms with E-state index in [1.165, 1.54) is 6.26 Å². The van der Waals surface area contributed by atoms with Gasteiger partial charge in [-0.3, -0.25) is 9.59 Å². The monoisotopic (exact) mass is 391 g/mol. The lowest BCUT2D eigenvalue weighted by Crippen LogP contribution is -2.22. The lowest BCUT2D eigenvalue weighted by Gasteiger charge is -2.08. The highest BCUT2D eigenvalue weighted by Gasteiger charge is 2.17. The zero-order valence-corrected chi connectivity index (χ0v) is 14.9. The van der Waals surface area contributed by atoms with E-state index >= 15 is 0 Å². The van der Waals surface area contributed by atoms with Crippen molar-refractivity contribution in [3.63, 3.8) is 0 Å². The van der Waals surface area contributed by atoms with E-state index in [0.29, 0.717) is 17.2 Å². The third-order valence-corrected chi connectivity index (χ3v) is 4.14. The Morgan fingerprint density at radius 2 is 1.89 bits per heavy atom. The van der Waals surface area contributed by atoms with Crippen molar-refractivity contribution in [3.05, 3.63) is 65.2 Å². The molecule has 1 aromatic heterocycles. The molecule has 0 saturated carbocycles. The highest BCUT2D eigenvalue weighted by molar-refractivity contribution is 5.93. The van der Waals surface area contributed by atoms with Gasteiger partial charge in [0.15, 0.2) is 24.1 Å². The van der Waals surface area contributed by atoms with Crippen molar-refractivity contribution in [1.82, 2.24) is 0 Å². The molecule has 1 amide bonds. The smallest absolute Gasteiger partial charge is 0.310 e. The van der Waals surface area contributed by atoms with E-state index in [9.17, 15) is 22.8 Å². The van der Waals surface area contributed by atoms with Crippen LogP contribution >= 0.6 is 0 Å². The molecule has 0 saturated heterocycles. The Labute approximate surface area is 158 Å². The Balaban J connectivity index is 1.57. The molecule has 0 aliphatic heterocycles. The van der Waals surface area contributed by atoms with Crippen molar-refractivity contribution >= 4 is 28.5 Å². The molecule has 0 fully saturated rings. The summed E-state index contributed by atoms with van der Waals surface area (Å²) in [5.41, 5.74) is 1.80. The number of anilines is 1. The van der Waals surface area contributed by atoms with Crippen LogP contribution in [0.3, 0.4) is 0 Å². The number of halogens is 3. The number of ether oxygens (including phenoxy) is 1. The summed E-state index contributed by atoms with van der Waals surface area (Å²) in [6, 6.07) is 7.20. The Bertz CT molecular complexity index is 1050. The average Bonchev–Trinajstić information content (AvgIpc) is 3.08. The fourth-order valence-electron chi connectivity index (χ4n) is 2.65. The van der Waals surface area contributed by atoms with Crippen LogP contribution in [0.15, 0.2) is 41.0 Å². The number of amides is 1. The molecule has 0 spiro atoms. The SMILES string of the molecule is CCc1ccc2c(CC(=O)OCC(=O)Nc3ccc(F)c(F)c3F)coc2c1. The van der Waals surface area contributed by atoms with Gasteiger partial charge in [0.2, 0.25) is 0 Å². The second-order valence-electron chi connectivity index (χ2n) is 6.05. The molecule has 0 radical (unpaired) electrons. The van der Waals surface area contributed by atoms with E-state index in [2.05, 4.69) is 0 Å². The first-order chi connectivity index (χ1) is 13.4. The van der Waals surface area contributed by atoms with Gasteiger partial charge in [-0.15, -0.1) is 0 Å². The van der Waals surface area contributed by atoms with Crippen molar-refractivity contribution in [2.24, 2.45) is 0 Å². The van der Waals surface area contributed by atoms with Crippen LogP contribution in [0.4, 0.5) is 18.9 Å². The maximum atomic E-state index is 13.5. The number of benzene rings is 2. The minimum Gasteiger partial charge on any atom is -0.464 e. The molecule has 5 nitrogen and oxygen atoms in total. The first kappa shape index (κ1) is 19.5. The fourth-order valence-corrected chi connectivity index (χ4v) is 2.65. The molecule has 2 aromatic carbocycles. The van der Waals surface area contributed by atoms with Gasteiger partial charge < -0.3 is 14.5 Å². The quantitative estimate of drug-likeness (QED) is 0.507. The number of carbonyl (C=O) groups excluding carboxylic acids is 2. The number of fused-ring (bicyclic) bond motifs is 1. The van der Waals surface area contributed by atoms with E-state index in [0.717, 1.165) is 23.4 Å². The minimum atomic E-state index is -1.70. The Hall–Kier alpha value is -3.29. The van der Waals surface area contributed by atoms with E-state index in [4.69, 9.17) is 9.15 Å². The van der Waals surface area contributed by atoms with Gasteiger partial charge in [0.1, 0.15) is 5.58 Å². The van der Waals surface area contributed by atoms with Crippen LogP contribution in [-0.4, -0.2) is 18.5 Å². The fraction of sp³-hybridized carbons (Fsp3) is 0.200. The van der Waals surface area contributed by atoms with Crippen molar-refractivity contribution in [2.45, 2.75) is 19.8 Å². The largest absolute Gasteiger partial charge is 0.464 e. The standard InChI is InChI=1S/C20H16F3NO4/c1-2-11-3-4-13-12(9-27-16(13)7-11)8-18(26)28-10-17(25)24-15-6-5-14(21)19(22)20(15)23/h3-7,9H,2,8,10H2,1H3,(H,24,25). The number of hydrogen-bond acceptors (Lipinski definition) is 4. The molecule has 0 unspecified atom stereocenters. The van der Waals surface area contributed by atoms with Crippen LogP contribution in [0.1, 0.15) is 18.1 Å². The summed E-state index contributed by atoms with van der Waals surface area (Å²) in [5, 5.41) is 2.78. The highest BCUT2D eigenvalue weighted by atomic mass is 19.2. The zero-order valence-electron chi connectivity index (χ0n) is 14.9. The highest BCUT2D eigenvalue weighted by Crippen LogP contribution is 2.23. The van der Waals surface area contributed by atoms with Gasteiger partial charge in [-0.1, -0.05) is 19.1 Å². The molecule has 28 heavy (non-hydrogen) atoms. The molecule has 1 N–H and O–H groups in total. The molecule has 3 aromatic rings. The van der Waals surface area contributed by atoms with Gasteiger partial charge >= 0.3 is 5.97 Å². The summed E-state index contributed by atoms with van der Waals surface area (Å²) >= 11 is 0. The molecule has 3 rings (SSSR count). The van der Waals surface area contributed by atoms with Crippen LogP contribution in [0.5, 0.6) is 0 Å². The van der Waals surface area contributed by atoms with Crippen LogP contribution in [0.2, 0.25) is 0 Å². The second kappa shape index (κ2) is 8.16. The average molecular weight is 391 g/mol. The second-order valence-corrected chi connectivity index (χ2v) is 6.05. The molecule has 0 bridgehead atoms. The number of esters is 1. The van der Waals surface area contributed by atoms with E-state index in [1.54, 1.807) is 0 Å². The zero-order chi connectivity index (χ0) is 20.3. The molecule has 8 heteroatoms. The first-order valence-corrected chi connectivity index (χ1v) is 8.47. The number of carbonyl (C=O) groups is 2. The number of rotatable bonds is 6. The summed E-state index contributed by atoms with van der Waals surface area (Å²) in [7, 11) is 0. The third-order valence-electron chi connectivity index (χ3n) is 4.14. The Kier molecular flexibility index (Phi) is 5.67. The van der Waals surface area contributed by atoms with Crippen LogP contribution in [0, 0.1) is 17.5 Å². The number of aryl methyl sites for hydroxylation is 1. The summed E-state index contributed by atoms with van der Waals surface area (Å²) in [4.78, 5) is 23.7. The van der Waals surface area contributed by atoms with Crippen molar-refractivity contribution in [1.29, 1.82) is 0 Å². The minimum absolute atomic E-state index is 0.120. The normalized spacial score (nSPS) is 10.9. The molecular formula is C20H16F3NO4. The maximum Gasteiger partial charge on any atom is 0.310 e. The van der Waals surface area contributed by atoms with Crippen LogP contribution in [-0.2, 0) is 27.2 Å². The van der Waals surface area contributed by atoms with Gasteiger partial charge in [-0.2, -0.15) is 0 Å². The number of hydrogen-bond donors (Lipinski definition) is 1. The van der Waals surface area contributed by atoms with Crippen LogP contribution in [0.25, 0.3) is 11.0 Å². The predicted molar refractivity (Wildman–Crippen MR) is 95.2 cm³/mol. The Morgan fingerprint density at radius 1 is 1.11 bits per heavy atom. The molecule has 146 valence electrons. The van der Waals surface area contributed by atoms with Gasteiger partial charge in [-0.05, 0) is 30.2 Å². The lowest BCUT2D eigenvalue weighted by molar-refractivity contribution is -0.146. The van der Waals surface area contributed by atoms with Gasteiger partial charge in [0, 0.05) is 10.9 Å². The van der Waals surface area contributed by atoms with Gasteiger partial charge in [0.25, 0.3) is 5.91 Å². The molecule has 0 aliphatic rings. The summed E-state index contributed by atoms with van der Waals surface area (Å²) < 4.78 is 49.8. The molecule has 0 aliphatic carbocycles. The van der Waals surface area contributed by atoms with Crippen molar-refractivity contribution in [2.75, 3.05) is 11.9 Å². The lowest BCUT2D eigenvalue weighted by atomic mass is 10.1. The first-order valence-electron chi connectivity index (χ1n) is 8.47. The summed E-state index contributed by atoms with van der Waals surface area (Å²) in [6.07, 6.45) is 2.18. The molecular weight excluding hydrogens is 375 g/mol. The summed E-state index contributed by atoms with van der Waals surface area (Å²) in [5.74, 6) is -6.18. The molecule has 0 atom stereocenters. The predicted octanol–water partition coefficient (Wildman–Crippen LogP) is 4.14. The molecule has 1 heterocycles. The van der Waals surface area contributed by atoms with Crippen molar-refractivity contribution < 1.29 is 31.9 Å². The van der Waals surface area contributed by atoms with Crippen molar-refractivity contribution in [3.8, 4) is 0 Å². The maximum absolute atomic E-state index is 13.5. The summed E-state index contributed by atoms with van der Waals surface area (Å²) in [6.45, 7) is 1.31. The number of nitrogens with one attached hydrogen (secondary N) is 1. The van der Waals surface area contributed by atoms with E-state index < -0.39 is 41.6 Å². The number of furan rings is 1. The Morgan fingerprint density at radius 3 is 2.64 bits per heavy atom. The van der Waals surface area contributed by atoms with Crippen LogP contribution < -0.4 is 5.32 Å². The van der Waals surface area contributed by atoms with Gasteiger partial charge in [-0.25, -0.2) is 13.2 Å². The topological polar surface area (TPSA) is 68.5 Å².